The fraction of sp³-hybridized carbons (Fsp3) is 0.524. The molecule has 3 rings (SSSR count). The fourth-order valence-electron chi connectivity index (χ4n) is 3.72. The number of likely N-dealkylation sites (tertiary alicyclic amines) is 1. The summed E-state index contributed by atoms with van der Waals surface area (Å²) in [6, 6.07) is 7.11. The second kappa shape index (κ2) is 9.43. The molecule has 1 N–H and O–H groups in total. The molecule has 0 saturated carbocycles. The van der Waals surface area contributed by atoms with Crippen molar-refractivity contribution in [3.8, 4) is 0 Å². The molecule has 1 aromatic heterocycles. The fourth-order valence-corrected chi connectivity index (χ4v) is 5.12. The Morgan fingerprint density at radius 1 is 1.07 bits per heavy atom. The number of para-hydroxylation sites is 1. The van der Waals surface area contributed by atoms with Gasteiger partial charge < -0.3 is 14.8 Å². The van der Waals surface area contributed by atoms with Crippen LogP contribution in [0.15, 0.2) is 35.4 Å². The van der Waals surface area contributed by atoms with Gasteiger partial charge in [0.05, 0.1) is 4.90 Å². The molecule has 1 fully saturated rings. The summed E-state index contributed by atoms with van der Waals surface area (Å²) in [5, 5.41) is 3.15. The molecular weight excluding hydrogens is 390 g/mol. The van der Waals surface area contributed by atoms with Crippen LogP contribution in [-0.2, 0) is 26.0 Å². The molecule has 0 spiro atoms. The van der Waals surface area contributed by atoms with Crippen molar-refractivity contribution in [2.75, 3.05) is 25.4 Å². The zero-order chi connectivity index (χ0) is 20.9. The van der Waals surface area contributed by atoms with Crippen LogP contribution in [0.4, 0.5) is 0 Å². The predicted molar refractivity (Wildman–Crippen MR) is 112 cm³/mol. The van der Waals surface area contributed by atoms with Gasteiger partial charge >= 0.3 is 0 Å². The van der Waals surface area contributed by atoms with Gasteiger partial charge in [-0.15, -0.1) is 0 Å². The van der Waals surface area contributed by atoms with Gasteiger partial charge in [0.25, 0.3) is 0 Å². The Labute approximate surface area is 172 Å². The number of benzene rings is 1. The minimum atomic E-state index is -3.82. The Hall–Kier alpha value is -2.35. The molecule has 1 saturated heterocycles. The third-order valence-corrected chi connectivity index (χ3v) is 6.88. The monoisotopic (exact) mass is 419 g/mol. The lowest BCUT2D eigenvalue weighted by atomic mass is 10.2. The molecule has 1 aliphatic rings. The number of hydrogen-bond donors (Lipinski definition) is 1. The van der Waals surface area contributed by atoms with Gasteiger partial charge in [0.1, 0.15) is 12.3 Å². The minimum absolute atomic E-state index is 0.00251. The van der Waals surface area contributed by atoms with Gasteiger partial charge in [-0.3, -0.25) is 9.59 Å². The Morgan fingerprint density at radius 3 is 2.45 bits per heavy atom. The van der Waals surface area contributed by atoms with Crippen molar-refractivity contribution in [1.82, 2.24) is 14.8 Å². The van der Waals surface area contributed by atoms with Gasteiger partial charge in [-0.25, -0.2) is 8.42 Å². The van der Waals surface area contributed by atoms with Gasteiger partial charge in [0.2, 0.25) is 11.8 Å². The molecule has 2 amide bonds. The zero-order valence-corrected chi connectivity index (χ0v) is 17.7. The standard InChI is InChI=1S/C21H29N3O4S/c1-2-11-22-20(25)16-29(27,28)19-14-24(18-10-6-5-9-17(18)19)15-21(26)23-12-7-3-4-8-13-23/h5-6,9-10,14H,2-4,7-8,11-13,15-16H2,1H3,(H,22,25). The normalized spacial score (nSPS) is 15.3. The van der Waals surface area contributed by atoms with E-state index in [9.17, 15) is 18.0 Å². The third kappa shape index (κ3) is 5.18. The Balaban J connectivity index is 1.86. The molecule has 0 aliphatic carbocycles. The van der Waals surface area contributed by atoms with Crippen LogP contribution in [0.1, 0.15) is 39.0 Å². The van der Waals surface area contributed by atoms with Crippen molar-refractivity contribution < 1.29 is 18.0 Å². The van der Waals surface area contributed by atoms with E-state index in [0.29, 0.717) is 17.4 Å². The average Bonchev–Trinajstić information content (AvgIpc) is 2.87. The number of nitrogens with zero attached hydrogens (tertiary/aromatic N) is 2. The number of carbonyl (C=O) groups excluding carboxylic acids is 2. The molecule has 2 aromatic rings. The van der Waals surface area contributed by atoms with Crippen molar-refractivity contribution in [2.45, 2.75) is 50.5 Å². The molecule has 0 atom stereocenters. The summed E-state index contributed by atoms with van der Waals surface area (Å²) in [6.45, 7) is 3.95. The van der Waals surface area contributed by atoms with Crippen molar-refractivity contribution in [1.29, 1.82) is 0 Å². The van der Waals surface area contributed by atoms with E-state index in [4.69, 9.17) is 0 Å². The molecular formula is C21H29N3O4S. The van der Waals surface area contributed by atoms with Crippen LogP contribution in [0.5, 0.6) is 0 Å². The first-order valence-electron chi connectivity index (χ1n) is 10.3. The smallest absolute Gasteiger partial charge is 0.242 e. The van der Waals surface area contributed by atoms with Crippen LogP contribution in [-0.4, -0.2) is 55.1 Å². The lowest BCUT2D eigenvalue weighted by Gasteiger charge is -2.20. The lowest BCUT2D eigenvalue weighted by Crippen LogP contribution is -2.34. The average molecular weight is 420 g/mol. The first-order chi connectivity index (χ1) is 13.9. The van der Waals surface area contributed by atoms with Gasteiger partial charge in [-0.2, -0.15) is 0 Å². The van der Waals surface area contributed by atoms with Crippen molar-refractivity contribution in [3.63, 3.8) is 0 Å². The molecule has 2 heterocycles. The molecule has 1 aliphatic heterocycles. The molecule has 1 aromatic carbocycles. The summed E-state index contributed by atoms with van der Waals surface area (Å²) < 4.78 is 27.5. The summed E-state index contributed by atoms with van der Waals surface area (Å²) in [7, 11) is -3.82. The van der Waals surface area contributed by atoms with Crippen LogP contribution in [0.2, 0.25) is 0 Å². The first kappa shape index (κ1) is 21.4. The largest absolute Gasteiger partial charge is 0.355 e. The van der Waals surface area contributed by atoms with E-state index in [-0.39, 0.29) is 17.3 Å². The number of fused-ring (bicyclic) bond motifs is 1. The van der Waals surface area contributed by atoms with Gasteiger partial charge in [-0.1, -0.05) is 38.0 Å². The number of amides is 2. The second-order valence-corrected chi connectivity index (χ2v) is 9.50. The number of aromatic nitrogens is 1. The highest BCUT2D eigenvalue weighted by atomic mass is 32.2. The zero-order valence-electron chi connectivity index (χ0n) is 16.9. The van der Waals surface area contributed by atoms with Crippen LogP contribution in [0, 0.1) is 0 Å². The van der Waals surface area contributed by atoms with Gasteiger partial charge in [-0.05, 0) is 25.3 Å². The highest BCUT2D eigenvalue weighted by molar-refractivity contribution is 7.92. The van der Waals surface area contributed by atoms with Crippen molar-refractivity contribution in [2.24, 2.45) is 0 Å². The molecule has 0 radical (unpaired) electrons. The van der Waals surface area contributed by atoms with E-state index < -0.39 is 21.5 Å². The maximum atomic E-state index is 12.9. The van der Waals surface area contributed by atoms with Gasteiger partial charge in [0, 0.05) is 36.7 Å². The van der Waals surface area contributed by atoms with Gasteiger partial charge in [0.15, 0.2) is 9.84 Å². The SMILES string of the molecule is CCCNC(=O)CS(=O)(=O)c1cn(CC(=O)N2CCCCCC2)c2ccccc12. The van der Waals surface area contributed by atoms with E-state index in [0.717, 1.165) is 45.2 Å². The Kier molecular flexibility index (Phi) is 6.95. The van der Waals surface area contributed by atoms with Crippen molar-refractivity contribution in [3.05, 3.63) is 30.5 Å². The van der Waals surface area contributed by atoms with E-state index >= 15 is 0 Å². The molecule has 8 heteroatoms. The van der Waals surface area contributed by atoms with Crippen LogP contribution in [0.25, 0.3) is 10.9 Å². The summed E-state index contributed by atoms with van der Waals surface area (Å²) in [4.78, 5) is 26.8. The maximum Gasteiger partial charge on any atom is 0.242 e. The van der Waals surface area contributed by atoms with Crippen LogP contribution < -0.4 is 5.32 Å². The third-order valence-electron chi connectivity index (χ3n) is 5.24. The number of rotatable bonds is 7. The van der Waals surface area contributed by atoms with Crippen LogP contribution in [0.3, 0.4) is 0 Å². The van der Waals surface area contributed by atoms with E-state index in [1.54, 1.807) is 22.8 Å². The number of carbonyl (C=O) groups is 2. The van der Waals surface area contributed by atoms with E-state index in [1.165, 1.54) is 6.20 Å². The highest BCUT2D eigenvalue weighted by Gasteiger charge is 2.25. The predicted octanol–water partition coefficient (Wildman–Crippen LogP) is 2.34. The number of hydrogen-bond acceptors (Lipinski definition) is 4. The first-order valence-corrected chi connectivity index (χ1v) is 11.9. The molecule has 0 unspecified atom stereocenters. The van der Waals surface area contributed by atoms with E-state index in [2.05, 4.69) is 5.32 Å². The number of nitrogens with one attached hydrogen (secondary N) is 1. The summed E-state index contributed by atoms with van der Waals surface area (Å²) >= 11 is 0. The maximum absolute atomic E-state index is 12.9. The summed E-state index contributed by atoms with van der Waals surface area (Å²) in [5.74, 6) is -1.11. The highest BCUT2D eigenvalue weighted by Crippen LogP contribution is 2.26. The molecule has 158 valence electrons. The Bertz CT molecular complexity index is 973. The molecule has 0 bridgehead atoms. The van der Waals surface area contributed by atoms with E-state index in [1.807, 2.05) is 17.9 Å². The minimum Gasteiger partial charge on any atom is -0.355 e. The molecule has 29 heavy (non-hydrogen) atoms. The summed E-state index contributed by atoms with van der Waals surface area (Å²) in [5.41, 5.74) is 0.684. The van der Waals surface area contributed by atoms with Crippen LogP contribution >= 0.6 is 0 Å². The second-order valence-electron chi connectivity index (χ2n) is 7.54. The topological polar surface area (TPSA) is 88.5 Å². The Morgan fingerprint density at radius 2 is 1.76 bits per heavy atom. The molecule has 7 nitrogen and oxygen atoms in total. The quantitative estimate of drug-likeness (QED) is 0.746. The lowest BCUT2D eigenvalue weighted by molar-refractivity contribution is -0.131. The van der Waals surface area contributed by atoms with Crippen molar-refractivity contribution >= 4 is 32.6 Å². The summed E-state index contributed by atoms with van der Waals surface area (Å²) in [6.07, 6.45) is 6.53. The number of sulfone groups is 1.